The quantitative estimate of drug-likeness (QED) is 0.0977. The summed E-state index contributed by atoms with van der Waals surface area (Å²) >= 11 is 1.40. The number of benzene rings is 1. The van der Waals surface area contributed by atoms with Crippen LogP contribution in [0.5, 0.6) is 5.75 Å². The molecule has 8 atom stereocenters. The van der Waals surface area contributed by atoms with Gasteiger partial charge < -0.3 is 35.4 Å². The van der Waals surface area contributed by atoms with E-state index in [1.54, 1.807) is 23.6 Å². The highest BCUT2D eigenvalue weighted by atomic mass is 32.1. The third-order valence-electron chi connectivity index (χ3n) is 11.0. The van der Waals surface area contributed by atoms with E-state index in [1.807, 2.05) is 7.05 Å². The molecule has 0 aliphatic heterocycles. The number of amides is 2. The molecule has 0 saturated carbocycles. The maximum atomic E-state index is 14.6. The van der Waals surface area contributed by atoms with Crippen molar-refractivity contribution < 1.29 is 29.0 Å². The van der Waals surface area contributed by atoms with Gasteiger partial charge in [0.25, 0.3) is 5.91 Å². The summed E-state index contributed by atoms with van der Waals surface area (Å²) in [6.07, 6.45) is 4.64. The summed E-state index contributed by atoms with van der Waals surface area (Å²) in [7, 11) is 3.33. The highest BCUT2D eigenvalue weighted by molar-refractivity contribution is 7.09. The Kier molecular flexibility index (Phi) is 18.2. The van der Waals surface area contributed by atoms with E-state index in [4.69, 9.17) is 14.5 Å². The van der Waals surface area contributed by atoms with Crippen molar-refractivity contribution in [2.45, 2.75) is 137 Å². The monoisotopic (exact) mass is 757 g/mol. The third-order valence-corrected chi connectivity index (χ3v) is 11.9. The molecule has 12 heteroatoms. The number of fused-ring (bicyclic) bond motifs is 1. The highest BCUT2D eigenvalue weighted by Gasteiger charge is 2.37. The first-order valence-corrected chi connectivity index (χ1v) is 20.7. The second kappa shape index (κ2) is 21.7. The number of hydrogen-bond acceptors (Lipinski definition) is 10. The molecule has 4 N–H and O–H groups in total. The number of esters is 1. The van der Waals surface area contributed by atoms with Crippen LogP contribution < -0.4 is 16.0 Å². The van der Waals surface area contributed by atoms with Gasteiger partial charge in [-0.1, -0.05) is 74.3 Å². The smallest absolute Gasteiger partial charge is 0.313 e. The number of phenols is 1. The fourth-order valence-electron chi connectivity index (χ4n) is 7.36. The minimum atomic E-state index is -0.597. The van der Waals surface area contributed by atoms with Crippen LogP contribution >= 0.6 is 11.3 Å². The third kappa shape index (κ3) is 12.0. The Hall–Kier alpha value is -3.06. The molecular weight excluding hydrogens is 691 g/mol. The number of phenolic OH excluding ortho intramolecular Hbond substituents is 1. The van der Waals surface area contributed by atoms with Crippen LogP contribution in [0.4, 0.5) is 0 Å². The predicted molar refractivity (Wildman–Crippen MR) is 212 cm³/mol. The van der Waals surface area contributed by atoms with Crippen molar-refractivity contribution in [3.8, 4) is 5.75 Å². The molecule has 298 valence electrons. The Morgan fingerprint density at radius 1 is 1.06 bits per heavy atom. The Bertz CT molecular complexity index is 1450. The number of nitrogens with zero attached hydrogens (tertiary/aromatic N) is 2. The fraction of sp³-hybridized carbons (Fsp3) is 0.707. The first-order chi connectivity index (χ1) is 25.3. The van der Waals surface area contributed by atoms with Crippen LogP contribution in [0.3, 0.4) is 0 Å². The molecule has 2 aromatic rings. The molecule has 0 fully saturated rings. The van der Waals surface area contributed by atoms with Crippen molar-refractivity contribution in [3.05, 3.63) is 45.4 Å². The van der Waals surface area contributed by atoms with E-state index in [1.165, 1.54) is 18.4 Å². The van der Waals surface area contributed by atoms with Gasteiger partial charge in [-0.25, -0.2) is 4.98 Å². The van der Waals surface area contributed by atoms with E-state index >= 15 is 0 Å². The van der Waals surface area contributed by atoms with Gasteiger partial charge in [-0.15, -0.1) is 11.3 Å². The van der Waals surface area contributed by atoms with E-state index in [2.05, 4.69) is 76.2 Å². The van der Waals surface area contributed by atoms with Gasteiger partial charge in [-0.05, 0) is 73.7 Å². The molecule has 2 amide bonds. The lowest BCUT2D eigenvalue weighted by Crippen LogP contribution is -2.56. The number of ether oxygens (including phenoxy) is 2. The van der Waals surface area contributed by atoms with Gasteiger partial charge >= 0.3 is 5.97 Å². The first kappa shape index (κ1) is 44.3. The Morgan fingerprint density at radius 3 is 2.38 bits per heavy atom. The zero-order valence-corrected chi connectivity index (χ0v) is 34.7. The van der Waals surface area contributed by atoms with Crippen molar-refractivity contribution in [3.63, 3.8) is 0 Å². The maximum absolute atomic E-state index is 14.6. The SMILES string of the molecule is CCCOC(CC(C(C)C)N(CCC)C(=O)C(NCC(NC)C(C)CC)C(C)CC)c1nc(C(=O)NC2Cc3ccc(O)cc3C(C(=O)OC)C2)cs1. The summed E-state index contributed by atoms with van der Waals surface area (Å²) in [5.41, 5.74) is 1.91. The largest absolute Gasteiger partial charge is 0.508 e. The summed E-state index contributed by atoms with van der Waals surface area (Å²) in [4.78, 5) is 47.8. The number of carbonyl (C=O) groups is 3. The molecule has 8 unspecified atom stereocenters. The van der Waals surface area contributed by atoms with Gasteiger partial charge in [0.2, 0.25) is 5.91 Å². The summed E-state index contributed by atoms with van der Waals surface area (Å²) in [5, 5.41) is 22.7. The topological polar surface area (TPSA) is 142 Å². The van der Waals surface area contributed by atoms with Crippen LogP contribution in [-0.4, -0.2) is 90.8 Å². The first-order valence-electron chi connectivity index (χ1n) is 19.8. The van der Waals surface area contributed by atoms with E-state index in [9.17, 15) is 19.5 Å². The lowest BCUT2D eigenvalue weighted by molar-refractivity contribution is -0.143. The molecule has 1 aromatic heterocycles. The zero-order valence-electron chi connectivity index (χ0n) is 33.9. The highest BCUT2D eigenvalue weighted by Crippen LogP contribution is 2.36. The molecule has 0 spiro atoms. The summed E-state index contributed by atoms with van der Waals surface area (Å²) in [6.45, 7) is 19.1. The van der Waals surface area contributed by atoms with Crippen molar-refractivity contribution in [2.24, 2.45) is 17.8 Å². The lowest BCUT2D eigenvalue weighted by Gasteiger charge is -2.40. The predicted octanol–water partition coefficient (Wildman–Crippen LogP) is 6.61. The minimum absolute atomic E-state index is 0.0867. The van der Waals surface area contributed by atoms with Gasteiger partial charge in [-0.2, -0.15) is 0 Å². The van der Waals surface area contributed by atoms with Gasteiger partial charge in [0, 0.05) is 49.6 Å². The van der Waals surface area contributed by atoms with Gasteiger partial charge in [0.05, 0.1) is 19.1 Å². The molecule has 0 radical (unpaired) electrons. The Labute approximate surface area is 322 Å². The summed E-state index contributed by atoms with van der Waals surface area (Å²) in [6, 6.07) is 4.52. The second-order valence-electron chi connectivity index (χ2n) is 15.1. The molecule has 3 rings (SSSR count). The van der Waals surface area contributed by atoms with Crippen molar-refractivity contribution in [1.82, 2.24) is 25.8 Å². The number of aromatic hydroxyl groups is 1. The standard InChI is InChI=1S/C41H67N5O6S/c1-11-17-46(40(49)37(27(8)14-4)43-23-33(42-9)26(7)13-3)35(25(5)6)22-36(52-18-12-2)39-45-34(24-53-39)38(48)44-29-19-28-15-16-30(47)21-31(28)32(20-29)41(50)51-10/h15-16,21,24-27,29,32-33,35-37,42-43,47H,11-14,17-20,22-23H2,1-10H3,(H,44,48). The summed E-state index contributed by atoms with van der Waals surface area (Å²) in [5.74, 6) is -0.320. The Morgan fingerprint density at radius 2 is 1.77 bits per heavy atom. The van der Waals surface area contributed by atoms with Crippen molar-refractivity contribution >= 4 is 29.1 Å². The van der Waals surface area contributed by atoms with E-state index < -0.39 is 18.0 Å². The molecule has 0 saturated heterocycles. The van der Waals surface area contributed by atoms with E-state index in [0.717, 1.165) is 36.8 Å². The van der Waals surface area contributed by atoms with E-state index in [-0.39, 0.29) is 53.6 Å². The number of hydrogen-bond donors (Lipinski definition) is 4. The zero-order chi connectivity index (χ0) is 39.2. The van der Waals surface area contributed by atoms with Crippen LogP contribution in [-0.2, 0) is 25.5 Å². The van der Waals surface area contributed by atoms with Gasteiger partial charge in [0.1, 0.15) is 22.6 Å². The van der Waals surface area contributed by atoms with Crippen molar-refractivity contribution in [1.29, 1.82) is 0 Å². The summed E-state index contributed by atoms with van der Waals surface area (Å²) < 4.78 is 11.5. The number of rotatable bonds is 22. The van der Waals surface area contributed by atoms with E-state index in [0.29, 0.717) is 55.6 Å². The van der Waals surface area contributed by atoms with Gasteiger partial charge in [-0.3, -0.25) is 14.4 Å². The van der Waals surface area contributed by atoms with Crippen LogP contribution in [0.2, 0.25) is 0 Å². The van der Waals surface area contributed by atoms with Gasteiger partial charge in [0.15, 0.2) is 0 Å². The molecule has 1 aliphatic rings. The molecule has 11 nitrogen and oxygen atoms in total. The number of thiazole rings is 1. The molecule has 1 aliphatic carbocycles. The Balaban J connectivity index is 1.84. The molecule has 1 heterocycles. The molecule has 1 aromatic carbocycles. The number of likely N-dealkylation sites (N-methyl/N-ethyl adjacent to an activating group) is 1. The average Bonchev–Trinajstić information content (AvgIpc) is 3.65. The van der Waals surface area contributed by atoms with Crippen LogP contribution in [0, 0.1) is 17.8 Å². The molecule has 53 heavy (non-hydrogen) atoms. The minimum Gasteiger partial charge on any atom is -0.508 e. The maximum Gasteiger partial charge on any atom is 0.313 e. The average molecular weight is 758 g/mol. The normalized spacial score (nSPS) is 19.1. The number of nitrogens with one attached hydrogen (secondary N) is 3. The van der Waals surface area contributed by atoms with Crippen molar-refractivity contribution in [2.75, 3.05) is 33.9 Å². The fourth-order valence-corrected chi connectivity index (χ4v) is 8.22. The van der Waals surface area contributed by atoms with Crippen LogP contribution in [0.25, 0.3) is 0 Å². The lowest BCUT2D eigenvalue weighted by atomic mass is 9.80. The van der Waals surface area contributed by atoms with Crippen LogP contribution in [0.15, 0.2) is 23.6 Å². The molecular formula is C41H67N5O6S. The number of methoxy groups -OCH3 is 1. The molecule has 0 bridgehead atoms. The number of aromatic nitrogens is 1. The van der Waals surface area contributed by atoms with Crippen LogP contribution in [0.1, 0.15) is 133 Å². The second-order valence-corrected chi connectivity index (χ2v) is 16.0. The number of carbonyl (C=O) groups excluding carboxylic acids is 3.